The molecule has 20 heavy (non-hydrogen) atoms. The number of nitrogen functional groups attached to an aromatic ring is 1. The number of carbonyl (C=O) groups excluding carboxylic acids is 1. The predicted molar refractivity (Wildman–Crippen MR) is 79.5 cm³/mol. The summed E-state index contributed by atoms with van der Waals surface area (Å²) in [4.78, 5) is 14.2. The first kappa shape index (κ1) is 14.8. The number of nitrogens with one attached hydrogen (secondary N) is 2. The SMILES string of the molecule is CN(CCCNC(=O)c1[nH]ncc1N)C1CCCCC1. The second kappa shape index (κ2) is 7.28. The lowest BCUT2D eigenvalue weighted by Crippen LogP contribution is -2.36. The maximum absolute atomic E-state index is 11.8. The van der Waals surface area contributed by atoms with Crippen molar-refractivity contribution in [3.8, 4) is 0 Å². The zero-order valence-electron chi connectivity index (χ0n) is 12.2. The summed E-state index contributed by atoms with van der Waals surface area (Å²) < 4.78 is 0. The van der Waals surface area contributed by atoms with E-state index in [1.54, 1.807) is 0 Å². The van der Waals surface area contributed by atoms with Crippen LogP contribution in [0.4, 0.5) is 5.69 Å². The summed E-state index contributed by atoms with van der Waals surface area (Å²) in [5.41, 5.74) is 6.37. The third kappa shape index (κ3) is 3.96. The molecule has 0 saturated heterocycles. The molecule has 0 aliphatic heterocycles. The molecule has 1 heterocycles. The van der Waals surface area contributed by atoms with Crippen molar-refractivity contribution in [1.82, 2.24) is 20.4 Å². The Morgan fingerprint density at radius 3 is 2.90 bits per heavy atom. The van der Waals surface area contributed by atoms with Crippen LogP contribution in [0.1, 0.15) is 49.0 Å². The number of hydrogen-bond acceptors (Lipinski definition) is 4. The van der Waals surface area contributed by atoms with Gasteiger partial charge in [0.15, 0.2) is 0 Å². The smallest absolute Gasteiger partial charge is 0.271 e. The molecule has 6 nitrogen and oxygen atoms in total. The van der Waals surface area contributed by atoms with Gasteiger partial charge in [-0.15, -0.1) is 0 Å². The molecule has 6 heteroatoms. The summed E-state index contributed by atoms with van der Waals surface area (Å²) in [6, 6.07) is 0.725. The van der Waals surface area contributed by atoms with Crippen molar-refractivity contribution < 1.29 is 4.79 Å². The van der Waals surface area contributed by atoms with Crippen molar-refractivity contribution in [2.24, 2.45) is 0 Å². The van der Waals surface area contributed by atoms with Crippen LogP contribution in [0.5, 0.6) is 0 Å². The fraction of sp³-hybridized carbons (Fsp3) is 0.714. The third-order valence-corrected chi connectivity index (χ3v) is 4.07. The predicted octanol–water partition coefficient (Wildman–Crippen LogP) is 1.38. The highest BCUT2D eigenvalue weighted by Gasteiger charge is 2.17. The molecule has 0 aromatic carbocycles. The van der Waals surface area contributed by atoms with E-state index in [0.29, 0.717) is 17.9 Å². The Labute approximate surface area is 120 Å². The number of H-pyrrole nitrogens is 1. The van der Waals surface area contributed by atoms with E-state index in [0.717, 1.165) is 19.0 Å². The number of nitrogens with zero attached hydrogens (tertiary/aromatic N) is 2. The fourth-order valence-corrected chi connectivity index (χ4v) is 2.80. The average Bonchev–Trinajstić information content (AvgIpc) is 2.90. The molecule has 0 radical (unpaired) electrons. The second-order valence-corrected chi connectivity index (χ2v) is 5.58. The lowest BCUT2D eigenvalue weighted by molar-refractivity contribution is 0.0946. The number of anilines is 1. The Morgan fingerprint density at radius 2 is 2.25 bits per heavy atom. The lowest BCUT2D eigenvalue weighted by Gasteiger charge is -2.31. The lowest BCUT2D eigenvalue weighted by atomic mass is 9.94. The van der Waals surface area contributed by atoms with E-state index in [4.69, 9.17) is 5.73 Å². The van der Waals surface area contributed by atoms with Crippen LogP contribution in [0.15, 0.2) is 6.20 Å². The van der Waals surface area contributed by atoms with E-state index in [9.17, 15) is 4.79 Å². The van der Waals surface area contributed by atoms with Gasteiger partial charge in [-0.3, -0.25) is 9.89 Å². The van der Waals surface area contributed by atoms with E-state index in [-0.39, 0.29) is 5.91 Å². The molecule has 1 fully saturated rings. The Bertz CT molecular complexity index is 425. The van der Waals surface area contributed by atoms with Crippen LogP contribution < -0.4 is 11.1 Å². The summed E-state index contributed by atoms with van der Waals surface area (Å²) in [5, 5.41) is 9.22. The molecule has 1 aliphatic carbocycles. The first-order valence-corrected chi connectivity index (χ1v) is 7.45. The summed E-state index contributed by atoms with van der Waals surface area (Å²) in [5.74, 6) is -0.180. The van der Waals surface area contributed by atoms with Crippen LogP contribution in [0.25, 0.3) is 0 Å². The first-order chi connectivity index (χ1) is 9.68. The summed E-state index contributed by atoms with van der Waals surface area (Å²) in [6.45, 7) is 1.68. The van der Waals surface area contributed by atoms with Crippen LogP contribution in [-0.4, -0.2) is 47.2 Å². The molecular weight excluding hydrogens is 254 g/mol. The van der Waals surface area contributed by atoms with Crippen LogP contribution >= 0.6 is 0 Å². The number of aromatic nitrogens is 2. The third-order valence-electron chi connectivity index (χ3n) is 4.07. The highest BCUT2D eigenvalue weighted by Crippen LogP contribution is 2.21. The molecular formula is C14H25N5O. The normalized spacial score (nSPS) is 16.5. The largest absolute Gasteiger partial charge is 0.396 e. The number of aromatic amines is 1. The van der Waals surface area contributed by atoms with Crippen LogP contribution in [0.3, 0.4) is 0 Å². The van der Waals surface area contributed by atoms with Crippen molar-refractivity contribution in [2.45, 2.75) is 44.6 Å². The van der Waals surface area contributed by atoms with Gasteiger partial charge in [0.05, 0.1) is 11.9 Å². The minimum absolute atomic E-state index is 0.180. The fourth-order valence-electron chi connectivity index (χ4n) is 2.80. The molecule has 1 aromatic heterocycles. The maximum atomic E-state index is 11.8. The van der Waals surface area contributed by atoms with Crippen LogP contribution in [0.2, 0.25) is 0 Å². The van der Waals surface area contributed by atoms with Crippen molar-refractivity contribution in [1.29, 1.82) is 0 Å². The molecule has 0 unspecified atom stereocenters. The van der Waals surface area contributed by atoms with Gasteiger partial charge in [-0.1, -0.05) is 19.3 Å². The van der Waals surface area contributed by atoms with Gasteiger partial charge in [-0.2, -0.15) is 5.10 Å². The minimum Gasteiger partial charge on any atom is -0.396 e. The summed E-state index contributed by atoms with van der Waals surface area (Å²) in [6.07, 6.45) is 9.11. The molecule has 1 saturated carbocycles. The van der Waals surface area contributed by atoms with Crippen molar-refractivity contribution >= 4 is 11.6 Å². The number of amides is 1. The molecule has 4 N–H and O–H groups in total. The first-order valence-electron chi connectivity index (χ1n) is 7.45. The second-order valence-electron chi connectivity index (χ2n) is 5.58. The van der Waals surface area contributed by atoms with Gasteiger partial charge >= 0.3 is 0 Å². The number of carbonyl (C=O) groups is 1. The highest BCUT2D eigenvalue weighted by atomic mass is 16.1. The molecule has 0 atom stereocenters. The quantitative estimate of drug-likeness (QED) is 0.686. The van der Waals surface area contributed by atoms with Gasteiger partial charge in [0, 0.05) is 12.6 Å². The van der Waals surface area contributed by atoms with Crippen LogP contribution in [0, 0.1) is 0 Å². The Hall–Kier alpha value is -1.56. The van der Waals surface area contributed by atoms with Gasteiger partial charge in [0.2, 0.25) is 0 Å². The molecule has 0 spiro atoms. The van der Waals surface area contributed by atoms with Crippen LogP contribution in [-0.2, 0) is 0 Å². The van der Waals surface area contributed by atoms with Gasteiger partial charge in [-0.05, 0) is 32.9 Å². The van der Waals surface area contributed by atoms with E-state index in [1.807, 2.05) is 0 Å². The number of hydrogen-bond donors (Lipinski definition) is 3. The molecule has 112 valence electrons. The number of nitrogens with two attached hydrogens (primary N) is 1. The van der Waals surface area contributed by atoms with E-state index >= 15 is 0 Å². The Kier molecular flexibility index (Phi) is 5.40. The monoisotopic (exact) mass is 279 g/mol. The van der Waals surface area contributed by atoms with E-state index in [1.165, 1.54) is 38.3 Å². The standard InChI is InChI=1S/C14H25N5O/c1-19(11-6-3-2-4-7-11)9-5-8-16-14(20)13-12(15)10-17-18-13/h10-11H,2-9,15H2,1H3,(H,16,20)(H,17,18). The zero-order chi connectivity index (χ0) is 14.4. The van der Waals surface area contributed by atoms with E-state index in [2.05, 4.69) is 27.5 Å². The molecule has 1 amide bonds. The van der Waals surface area contributed by atoms with Crippen molar-refractivity contribution in [3.05, 3.63) is 11.9 Å². The van der Waals surface area contributed by atoms with Crippen molar-refractivity contribution in [2.75, 3.05) is 25.9 Å². The van der Waals surface area contributed by atoms with Gasteiger partial charge < -0.3 is 16.0 Å². The Balaban J connectivity index is 1.63. The average molecular weight is 279 g/mol. The topological polar surface area (TPSA) is 87.0 Å². The molecule has 1 aromatic rings. The molecule has 2 rings (SSSR count). The zero-order valence-corrected chi connectivity index (χ0v) is 12.2. The van der Waals surface area contributed by atoms with E-state index < -0.39 is 0 Å². The Morgan fingerprint density at radius 1 is 1.50 bits per heavy atom. The van der Waals surface area contributed by atoms with Crippen molar-refractivity contribution in [3.63, 3.8) is 0 Å². The summed E-state index contributed by atoms with van der Waals surface area (Å²) >= 11 is 0. The molecule has 0 bridgehead atoms. The highest BCUT2D eigenvalue weighted by molar-refractivity contribution is 5.96. The summed E-state index contributed by atoms with van der Waals surface area (Å²) in [7, 11) is 2.19. The molecule has 1 aliphatic rings. The van der Waals surface area contributed by atoms with Gasteiger partial charge in [0.25, 0.3) is 5.91 Å². The number of rotatable bonds is 6. The maximum Gasteiger partial charge on any atom is 0.271 e. The van der Waals surface area contributed by atoms with Gasteiger partial charge in [-0.25, -0.2) is 0 Å². The minimum atomic E-state index is -0.180. The van der Waals surface area contributed by atoms with Gasteiger partial charge in [0.1, 0.15) is 5.69 Å².